The Bertz CT molecular complexity index is 615. The van der Waals surface area contributed by atoms with Gasteiger partial charge in [-0.2, -0.15) is 0 Å². The molecule has 0 bridgehead atoms. The van der Waals surface area contributed by atoms with Gasteiger partial charge < -0.3 is 14.9 Å². The van der Waals surface area contributed by atoms with Crippen LogP contribution in [0.4, 0.5) is 0 Å². The number of fused-ring (bicyclic) bond motifs is 5. The van der Waals surface area contributed by atoms with Crippen LogP contribution in [-0.4, -0.2) is 26.6 Å². The Morgan fingerprint density at radius 3 is 2.31 bits per heavy atom. The molecule has 5 nitrogen and oxygen atoms in total. The summed E-state index contributed by atoms with van der Waals surface area (Å²) in [5.41, 5.74) is -0.221. The molecule has 0 aromatic heterocycles. The lowest BCUT2D eigenvalue weighted by Gasteiger charge is -2.61. The highest BCUT2D eigenvalue weighted by Crippen LogP contribution is 2.68. The van der Waals surface area contributed by atoms with Crippen LogP contribution in [0, 0.1) is 34.5 Å². The zero-order valence-electron chi connectivity index (χ0n) is 16.4. The van der Waals surface area contributed by atoms with Gasteiger partial charge in [0.1, 0.15) is 0 Å². The van der Waals surface area contributed by atoms with Gasteiger partial charge in [-0.3, -0.25) is 4.52 Å². The number of rotatable bonds is 2. The fourth-order valence-corrected chi connectivity index (χ4v) is 8.33. The van der Waals surface area contributed by atoms with E-state index in [0.29, 0.717) is 23.7 Å². The molecule has 0 aromatic carbocycles. The average molecular weight is 386 g/mol. The summed E-state index contributed by atoms with van der Waals surface area (Å²) < 4.78 is 16.3. The van der Waals surface area contributed by atoms with Crippen LogP contribution >= 0.6 is 7.82 Å². The Kier molecular flexibility index (Phi) is 4.50. The van der Waals surface area contributed by atoms with Crippen molar-refractivity contribution in [1.29, 1.82) is 0 Å². The normalized spacial score (nSPS) is 54.3. The molecule has 4 aliphatic carbocycles. The van der Waals surface area contributed by atoms with Crippen molar-refractivity contribution in [2.45, 2.75) is 90.3 Å². The molecule has 4 saturated carbocycles. The fraction of sp³-hybridized carbons (Fsp3) is 1.00. The molecule has 150 valence electrons. The van der Waals surface area contributed by atoms with Crippen LogP contribution in [0.5, 0.6) is 0 Å². The van der Waals surface area contributed by atoms with Crippen LogP contribution in [0.25, 0.3) is 0 Å². The minimum atomic E-state index is -4.40. The summed E-state index contributed by atoms with van der Waals surface area (Å²) >= 11 is 0. The second kappa shape index (κ2) is 6.03. The number of hydrogen-bond donors (Lipinski definition) is 3. The second-order valence-corrected chi connectivity index (χ2v) is 11.6. The highest BCUT2D eigenvalue weighted by Gasteiger charge is 2.63. The molecular weight excluding hydrogens is 351 g/mol. The zero-order chi connectivity index (χ0) is 19.0. The Hall–Kier alpha value is 0.0700. The Labute approximate surface area is 157 Å². The molecule has 3 N–H and O–H groups in total. The molecule has 0 unspecified atom stereocenters. The molecule has 6 heteroatoms. The van der Waals surface area contributed by atoms with Crippen molar-refractivity contribution < 1.29 is 24.0 Å². The fourth-order valence-electron chi connectivity index (χ4n) is 7.75. The maximum absolute atomic E-state index is 11.2. The van der Waals surface area contributed by atoms with Gasteiger partial charge >= 0.3 is 7.82 Å². The molecule has 0 saturated heterocycles. The maximum atomic E-state index is 11.2. The monoisotopic (exact) mass is 386 g/mol. The minimum absolute atomic E-state index is 0.0537. The van der Waals surface area contributed by atoms with E-state index in [1.807, 2.05) is 6.92 Å². The summed E-state index contributed by atoms with van der Waals surface area (Å²) in [6, 6.07) is 0. The van der Waals surface area contributed by atoms with Gasteiger partial charge in [-0.15, -0.1) is 0 Å². The lowest BCUT2D eigenvalue weighted by atomic mass is 9.44. The van der Waals surface area contributed by atoms with E-state index in [9.17, 15) is 9.67 Å². The van der Waals surface area contributed by atoms with E-state index in [0.717, 1.165) is 44.9 Å². The SMILES string of the molecule is C[C@]12CC[C@@H](OP(=O)(O)O)C[C@H]1CC[C@@H]1[C@@H]2CC[C@@]2(C)[C@H]1CC[C@@]2(C)O. The van der Waals surface area contributed by atoms with E-state index >= 15 is 0 Å². The largest absolute Gasteiger partial charge is 0.469 e. The molecule has 0 amide bonds. The van der Waals surface area contributed by atoms with Crippen molar-refractivity contribution in [3.8, 4) is 0 Å². The van der Waals surface area contributed by atoms with Gasteiger partial charge in [0.25, 0.3) is 0 Å². The van der Waals surface area contributed by atoms with Crippen molar-refractivity contribution in [2.24, 2.45) is 34.5 Å². The van der Waals surface area contributed by atoms with Crippen molar-refractivity contribution in [1.82, 2.24) is 0 Å². The van der Waals surface area contributed by atoms with E-state index in [1.165, 1.54) is 12.8 Å². The molecule has 4 fully saturated rings. The molecule has 4 aliphatic rings. The van der Waals surface area contributed by atoms with Gasteiger partial charge in [-0.05, 0) is 99.2 Å². The first-order chi connectivity index (χ1) is 12.0. The number of phosphoric acid groups is 1. The summed E-state index contributed by atoms with van der Waals surface area (Å²) in [5.74, 6) is 2.51. The third-order valence-electron chi connectivity index (χ3n) is 9.47. The van der Waals surface area contributed by atoms with E-state index in [4.69, 9.17) is 14.3 Å². The predicted molar refractivity (Wildman–Crippen MR) is 99.3 cm³/mol. The summed E-state index contributed by atoms with van der Waals surface area (Å²) in [6.45, 7) is 6.79. The van der Waals surface area contributed by atoms with E-state index in [-0.39, 0.29) is 16.9 Å². The molecule has 0 heterocycles. The van der Waals surface area contributed by atoms with Crippen molar-refractivity contribution in [2.75, 3.05) is 0 Å². The molecule has 8 atom stereocenters. The van der Waals surface area contributed by atoms with Crippen molar-refractivity contribution in [3.05, 3.63) is 0 Å². The number of phosphoric ester groups is 1. The van der Waals surface area contributed by atoms with Gasteiger partial charge in [0, 0.05) is 0 Å². The highest BCUT2D eigenvalue weighted by molar-refractivity contribution is 7.46. The Balaban J connectivity index is 1.53. The summed E-state index contributed by atoms with van der Waals surface area (Å²) in [5, 5.41) is 11.0. The van der Waals surface area contributed by atoms with Gasteiger partial charge in [0.15, 0.2) is 0 Å². The molecule has 26 heavy (non-hydrogen) atoms. The lowest BCUT2D eigenvalue weighted by molar-refractivity contribution is -0.152. The first kappa shape index (κ1) is 19.4. The molecular formula is C20H35O5P. The van der Waals surface area contributed by atoms with Crippen LogP contribution in [0.15, 0.2) is 0 Å². The summed E-state index contributed by atoms with van der Waals surface area (Å²) in [4.78, 5) is 18.3. The first-order valence-electron chi connectivity index (χ1n) is 10.4. The number of aliphatic hydroxyl groups is 1. The topological polar surface area (TPSA) is 87.0 Å². The highest BCUT2D eigenvalue weighted by atomic mass is 31.2. The molecule has 4 rings (SSSR count). The van der Waals surface area contributed by atoms with Crippen LogP contribution < -0.4 is 0 Å². The molecule has 0 radical (unpaired) electrons. The van der Waals surface area contributed by atoms with Crippen LogP contribution in [0.1, 0.15) is 78.6 Å². The van der Waals surface area contributed by atoms with E-state index in [1.54, 1.807) is 0 Å². The third-order valence-corrected chi connectivity index (χ3v) is 10.0. The van der Waals surface area contributed by atoms with Crippen molar-refractivity contribution in [3.63, 3.8) is 0 Å². The average Bonchev–Trinajstić information content (AvgIpc) is 2.76. The number of hydrogen-bond acceptors (Lipinski definition) is 3. The van der Waals surface area contributed by atoms with Gasteiger partial charge in [0.05, 0.1) is 11.7 Å². The van der Waals surface area contributed by atoms with Crippen LogP contribution in [-0.2, 0) is 9.09 Å². The summed E-state index contributed by atoms with van der Waals surface area (Å²) in [7, 11) is -4.40. The smallest absolute Gasteiger partial charge is 0.390 e. The van der Waals surface area contributed by atoms with Crippen molar-refractivity contribution >= 4 is 7.82 Å². The Morgan fingerprint density at radius 2 is 1.62 bits per heavy atom. The molecule has 0 aliphatic heterocycles. The predicted octanol–water partition coefficient (Wildman–Crippen LogP) is 4.26. The summed E-state index contributed by atoms with van der Waals surface area (Å²) in [6.07, 6.45) is 8.94. The van der Waals surface area contributed by atoms with Crippen LogP contribution in [0.3, 0.4) is 0 Å². The van der Waals surface area contributed by atoms with E-state index in [2.05, 4.69) is 13.8 Å². The van der Waals surface area contributed by atoms with Gasteiger partial charge in [0.2, 0.25) is 0 Å². The molecule has 0 aromatic rings. The maximum Gasteiger partial charge on any atom is 0.469 e. The quantitative estimate of drug-likeness (QED) is 0.618. The van der Waals surface area contributed by atoms with E-state index < -0.39 is 13.4 Å². The lowest BCUT2D eigenvalue weighted by Crippen LogP contribution is -2.56. The standard InChI is InChI=1S/C20H35O5P/c1-18-9-6-14(25-26(22,23)24)12-13(18)4-5-15-16(18)7-10-19(2)17(15)8-11-20(19,3)21/h13-17,21H,4-12H2,1-3H3,(H2,22,23,24)/t13-,14-,15-,16+,17+,18+,19+,20-/m1/s1. The zero-order valence-corrected chi connectivity index (χ0v) is 17.3. The van der Waals surface area contributed by atoms with Gasteiger partial charge in [-0.1, -0.05) is 13.8 Å². The van der Waals surface area contributed by atoms with Crippen LogP contribution in [0.2, 0.25) is 0 Å². The second-order valence-electron chi connectivity index (χ2n) is 10.4. The van der Waals surface area contributed by atoms with Gasteiger partial charge in [-0.25, -0.2) is 4.57 Å². The molecule has 0 spiro atoms. The first-order valence-corrected chi connectivity index (χ1v) is 12.0. The minimum Gasteiger partial charge on any atom is -0.390 e. The third kappa shape index (κ3) is 2.85. The Morgan fingerprint density at radius 1 is 0.923 bits per heavy atom.